The zero-order valence-electron chi connectivity index (χ0n) is 9.20. The molecule has 2 atom stereocenters. The molecule has 0 fully saturated rings. The second-order valence-electron chi connectivity index (χ2n) is 4.35. The molecule has 1 aliphatic heterocycles. The van der Waals surface area contributed by atoms with Crippen LogP contribution in [0.5, 0.6) is 0 Å². The fourth-order valence-electron chi connectivity index (χ4n) is 2.27. The quantitative estimate of drug-likeness (QED) is 0.695. The van der Waals surface area contributed by atoms with E-state index in [1.807, 2.05) is 13.8 Å². The van der Waals surface area contributed by atoms with Gasteiger partial charge in [-0.25, -0.2) is 8.78 Å². The Kier molecular flexibility index (Phi) is 2.51. The zero-order valence-corrected chi connectivity index (χ0v) is 9.20. The monoisotopic (exact) mass is 211 g/mol. The molecule has 1 N–H and O–H groups in total. The van der Waals surface area contributed by atoms with Crippen LogP contribution in [0.4, 0.5) is 8.78 Å². The van der Waals surface area contributed by atoms with Gasteiger partial charge >= 0.3 is 0 Å². The number of hydrogen-bond donors (Lipinski definition) is 1. The summed E-state index contributed by atoms with van der Waals surface area (Å²) in [6.45, 7) is 6.08. The Morgan fingerprint density at radius 3 is 2.60 bits per heavy atom. The van der Waals surface area contributed by atoms with Crippen molar-refractivity contribution in [3.63, 3.8) is 0 Å². The van der Waals surface area contributed by atoms with Crippen molar-refractivity contribution in [1.82, 2.24) is 5.32 Å². The van der Waals surface area contributed by atoms with E-state index in [-0.39, 0.29) is 23.6 Å². The lowest BCUT2D eigenvalue weighted by molar-refractivity contribution is 0.442. The Morgan fingerprint density at radius 2 is 1.93 bits per heavy atom. The molecule has 0 saturated carbocycles. The van der Waals surface area contributed by atoms with Crippen LogP contribution in [0.3, 0.4) is 0 Å². The van der Waals surface area contributed by atoms with Gasteiger partial charge in [-0.3, -0.25) is 0 Å². The maximum absolute atomic E-state index is 13.9. The van der Waals surface area contributed by atoms with Crippen molar-refractivity contribution in [2.75, 3.05) is 6.54 Å². The normalized spacial score (nSPS) is 25.1. The van der Waals surface area contributed by atoms with E-state index in [9.17, 15) is 8.78 Å². The number of fused-ring (bicyclic) bond motifs is 1. The molecule has 1 heterocycles. The van der Waals surface area contributed by atoms with Crippen molar-refractivity contribution in [3.05, 3.63) is 34.4 Å². The number of halogens is 2. The molecular formula is C12H15F2N. The molecule has 0 amide bonds. The molecule has 0 aliphatic carbocycles. The zero-order chi connectivity index (χ0) is 11.2. The van der Waals surface area contributed by atoms with E-state index in [0.29, 0.717) is 23.2 Å². The summed E-state index contributed by atoms with van der Waals surface area (Å²) in [5, 5.41) is 3.18. The highest BCUT2D eigenvalue weighted by Crippen LogP contribution is 2.34. The van der Waals surface area contributed by atoms with E-state index in [1.54, 1.807) is 6.92 Å². The number of aryl methyl sites for hydroxylation is 1. The van der Waals surface area contributed by atoms with Gasteiger partial charge in [0.1, 0.15) is 11.6 Å². The lowest BCUT2D eigenvalue weighted by Crippen LogP contribution is -2.32. The standard InChI is InChI=1S/C12H15F2N/c1-6-4-9(13)10-7(2)5-15-8(3)11(10)12(6)14/h4,7-8,15H,5H2,1-3H3. The van der Waals surface area contributed by atoms with E-state index in [1.165, 1.54) is 6.07 Å². The Bertz CT molecular complexity index is 401. The Balaban J connectivity index is 2.71. The highest BCUT2D eigenvalue weighted by atomic mass is 19.1. The molecule has 2 rings (SSSR count). The molecule has 82 valence electrons. The van der Waals surface area contributed by atoms with Crippen LogP contribution in [0.2, 0.25) is 0 Å². The third kappa shape index (κ3) is 1.55. The summed E-state index contributed by atoms with van der Waals surface area (Å²) in [6.07, 6.45) is 0. The van der Waals surface area contributed by atoms with Crippen LogP contribution in [0.25, 0.3) is 0 Å². The van der Waals surface area contributed by atoms with Gasteiger partial charge in [0.25, 0.3) is 0 Å². The first-order chi connectivity index (χ1) is 7.02. The number of benzene rings is 1. The number of nitrogens with one attached hydrogen (secondary N) is 1. The molecule has 0 spiro atoms. The third-order valence-electron chi connectivity index (χ3n) is 3.13. The molecule has 1 aromatic carbocycles. The fourth-order valence-corrected chi connectivity index (χ4v) is 2.27. The van der Waals surface area contributed by atoms with Gasteiger partial charge in [-0.2, -0.15) is 0 Å². The molecule has 15 heavy (non-hydrogen) atoms. The lowest BCUT2D eigenvalue weighted by atomic mass is 9.86. The fraction of sp³-hybridized carbons (Fsp3) is 0.500. The van der Waals surface area contributed by atoms with Crippen LogP contribution < -0.4 is 5.32 Å². The Labute approximate surface area is 88.5 Å². The highest BCUT2D eigenvalue weighted by Gasteiger charge is 2.28. The van der Waals surface area contributed by atoms with Crippen molar-refractivity contribution in [2.24, 2.45) is 0 Å². The maximum atomic E-state index is 13.9. The maximum Gasteiger partial charge on any atom is 0.131 e. The lowest BCUT2D eigenvalue weighted by Gasteiger charge is -2.30. The largest absolute Gasteiger partial charge is 0.309 e. The minimum absolute atomic E-state index is 0.0336. The Hall–Kier alpha value is -0.960. The summed E-state index contributed by atoms with van der Waals surface area (Å²) >= 11 is 0. The average molecular weight is 211 g/mol. The minimum atomic E-state index is -0.273. The first-order valence-electron chi connectivity index (χ1n) is 5.24. The van der Waals surface area contributed by atoms with E-state index in [4.69, 9.17) is 0 Å². The summed E-state index contributed by atoms with van der Waals surface area (Å²) in [5.74, 6) is -0.506. The predicted molar refractivity (Wildman–Crippen MR) is 55.9 cm³/mol. The molecule has 3 heteroatoms. The molecule has 0 saturated heterocycles. The first kappa shape index (κ1) is 10.6. The highest BCUT2D eigenvalue weighted by molar-refractivity contribution is 5.40. The van der Waals surface area contributed by atoms with Gasteiger partial charge in [-0.15, -0.1) is 0 Å². The van der Waals surface area contributed by atoms with E-state index >= 15 is 0 Å². The van der Waals surface area contributed by atoms with Crippen LogP contribution in [-0.4, -0.2) is 6.54 Å². The van der Waals surface area contributed by atoms with Crippen molar-refractivity contribution in [2.45, 2.75) is 32.7 Å². The van der Waals surface area contributed by atoms with E-state index in [2.05, 4.69) is 5.32 Å². The molecule has 1 aliphatic rings. The average Bonchev–Trinajstić information content (AvgIpc) is 2.18. The van der Waals surface area contributed by atoms with Crippen LogP contribution in [0.1, 0.15) is 42.5 Å². The third-order valence-corrected chi connectivity index (χ3v) is 3.13. The summed E-state index contributed by atoms with van der Waals surface area (Å²) < 4.78 is 27.6. The molecule has 1 nitrogen and oxygen atoms in total. The van der Waals surface area contributed by atoms with Gasteiger partial charge in [-0.05, 0) is 37.0 Å². The SMILES string of the molecule is Cc1cc(F)c2c(c1F)C(C)NCC2C. The summed E-state index contributed by atoms with van der Waals surface area (Å²) in [7, 11) is 0. The van der Waals surface area contributed by atoms with Gasteiger partial charge in [0.2, 0.25) is 0 Å². The smallest absolute Gasteiger partial charge is 0.131 e. The molecule has 0 bridgehead atoms. The van der Waals surface area contributed by atoms with Crippen molar-refractivity contribution < 1.29 is 8.78 Å². The van der Waals surface area contributed by atoms with Crippen molar-refractivity contribution in [3.8, 4) is 0 Å². The van der Waals surface area contributed by atoms with E-state index in [0.717, 1.165) is 0 Å². The van der Waals surface area contributed by atoms with Gasteiger partial charge in [0.15, 0.2) is 0 Å². The number of rotatable bonds is 0. The van der Waals surface area contributed by atoms with Crippen LogP contribution in [0, 0.1) is 18.6 Å². The van der Waals surface area contributed by atoms with Crippen LogP contribution in [0.15, 0.2) is 6.07 Å². The second kappa shape index (κ2) is 3.56. The number of hydrogen-bond acceptors (Lipinski definition) is 1. The molecule has 2 unspecified atom stereocenters. The molecule has 0 radical (unpaired) electrons. The van der Waals surface area contributed by atoms with Gasteiger partial charge in [0.05, 0.1) is 0 Å². The molecular weight excluding hydrogens is 196 g/mol. The summed E-state index contributed by atoms with van der Waals surface area (Å²) in [6, 6.07) is 1.19. The summed E-state index contributed by atoms with van der Waals surface area (Å²) in [4.78, 5) is 0. The second-order valence-corrected chi connectivity index (χ2v) is 4.35. The molecule has 1 aromatic rings. The predicted octanol–water partition coefficient (Wildman–Crippen LogP) is 3.04. The minimum Gasteiger partial charge on any atom is -0.309 e. The Morgan fingerprint density at radius 1 is 1.27 bits per heavy atom. The van der Waals surface area contributed by atoms with Gasteiger partial charge < -0.3 is 5.32 Å². The van der Waals surface area contributed by atoms with Crippen LogP contribution >= 0.6 is 0 Å². The van der Waals surface area contributed by atoms with Crippen LogP contribution in [-0.2, 0) is 0 Å². The topological polar surface area (TPSA) is 12.0 Å². The van der Waals surface area contributed by atoms with Gasteiger partial charge in [-0.1, -0.05) is 6.92 Å². The summed E-state index contributed by atoms with van der Waals surface area (Å²) in [5.41, 5.74) is 1.43. The van der Waals surface area contributed by atoms with Crippen molar-refractivity contribution >= 4 is 0 Å². The van der Waals surface area contributed by atoms with Crippen molar-refractivity contribution in [1.29, 1.82) is 0 Å². The van der Waals surface area contributed by atoms with E-state index < -0.39 is 0 Å². The first-order valence-corrected chi connectivity index (χ1v) is 5.24. The van der Waals surface area contributed by atoms with Gasteiger partial charge in [0, 0.05) is 18.2 Å². The molecule has 0 aromatic heterocycles.